The number of aromatic nitrogens is 2. The minimum Gasteiger partial charge on any atom is -0.365 e. The summed E-state index contributed by atoms with van der Waals surface area (Å²) in [6.07, 6.45) is 1.76. The Kier molecular flexibility index (Phi) is 5.68. The third-order valence-electron chi connectivity index (χ3n) is 3.11. The van der Waals surface area contributed by atoms with Gasteiger partial charge in [-0.3, -0.25) is 4.79 Å². The van der Waals surface area contributed by atoms with Crippen molar-refractivity contribution in [3.63, 3.8) is 0 Å². The van der Waals surface area contributed by atoms with Gasteiger partial charge in [0.25, 0.3) is 5.91 Å². The van der Waals surface area contributed by atoms with Gasteiger partial charge >= 0.3 is 0 Å². The Labute approximate surface area is 148 Å². The van der Waals surface area contributed by atoms with Gasteiger partial charge in [-0.05, 0) is 24.5 Å². The van der Waals surface area contributed by atoms with E-state index in [4.69, 9.17) is 17.3 Å². The number of sulfone groups is 1. The number of nitrogens with two attached hydrogens (primary N) is 1. The fraction of sp³-hybridized carbons (Fsp3) is 0.214. The van der Waals surface area contributed by atoms with Gasteiger partial charge in [-0.2, -0.15) is 0 Å². The fourth-order valence-corrected chi connectivity index (χ4v) is 3.49. The van der Waals surface area contributed by atoms with E-state index in [1.54, 1.807) is 25.3 Å². The van der Waals surface area contributed by atoms with Gasteiger partial charge in [-0.15, -0.1) is 0 Å². The van der Waals surface area contributed by atoms with Crippen LogP contribution in [0.3, 0.4) is 0 Å². The lowest BCUT2D eigenvalue weighted by atomic mass is 10.2. The number of nitrogens with zero attached hydrogens (tertiary/aromatic N) is 2. The molecule has 7 nitrogen and oxygen atoms in total. The Hall–Kier alpha value is -1.84. The van der Waals surface area contributed by atoms with Crippen molar-refractivity contribution in [1.29, 1.82) is 0 Å². The number of nitrogens with one attached hydrogen (secondary N) is 1. The monoisotopic (exact) mass is 386 g/mol. The molecule has 0 atom stereocenters. The Morgan fingerprint density at radius 1 is 1.38 bits per heavy atom. The maximum atomic E-state index is 12.0. The van der Waals surface area contributed by atoms with E-state index >= 15 is 0 Å². The molecule has 128 valence electrons. The first-order valence-corrected chi connectivity index (χ1v) is 10.0. The quantitative estimate of drug-likeness (QED) is 0.445. The Morgan fingerprint density at radius 3 is 2.67 bits per heavy atom. The molecule has 1 heterocycles. The van der Waals surface area contributed by atoms with Crippen molar-refractivity contribution < 1.29 is 13.2 Å². The molecule has 0 aliphatic carbocycles. The van der Waals surface area contributed by atoms with E-state index in [1.807, 2.05) is 0 Å². The number of amides is 1. The van der Waals surface area contributed by atoms with E-state index in [9.17, 15) is 13.2 Å². The zero-order valence-corrected chi connectivity index (χ0v) is 15.3. The van der Waals surface area contributed by atoms with Gasteiger partial charge in [-0.25, -0.2) is 18.4 Å². The zero-order chi connectivity index (χ0) is 17.9. The molecule has 1 aromatic heterocycles. The number of benzene rings is 1. The molecule has 0 radical (unpaired) electrons. The number of anilines is 2. The molecule has 0 fully saturated rings. The predicted molar refractivity (Wildman–Crippen MR) is 94.8 cm³/mol. The molecular weight excluding hydrogens is 372 g/mol. The lowest BCUT2D eigenvalue weighted by Crippen LogP contribution is -2.16. The number of primary amides is 1. The number of thioether (sulfide) groups is 1. The molecule has 24 heavy (non-hydrogen) atoms. The minimum absolute atomic E-state index is 0.0149. The van der Waals surface area contributed by atoms with Gasteiger partial charge < -0.3 is 11.1 Å². The second-order valence-corrected chi connectivity index (χ2v) is 8.05. The van der Waals surface area contributed by atoms with Crippen LogP contribution in [0.25, 0.3) is 0 Å². The topological polar surface area (TPSA) is 115 Å². The first-order chi connectivity index (χ1) is 11.3. The molecule has 0 saturated carbocycles. The lowest BCUT2D eigenvalue weighted by Gasteiger charge is -2.12. The van der Waals surface area contributed by atoms with Crippen LogP contribution in [0, 0.1) is 0 Å². The highest BCUT2D eigenvalue weighted by Gasteiger charge is 2.19. The zero-order valence-electron chi connectivity index (χ0n) is 12.9. The number of hydrogen-bond donors (Lipinski definition) is 2. The normalized spacial score (nSPS) is 11.3. The molecule has 0 saturated heterocycles. The van der Waals surface area contributed by atoms with Crippen LogP contribution in [0.15, 0.2) is 34.3 Å². The first-order valence-electron chi connectivity index (χ1n) is 6.79. The number of halogens is 1. The maximum absolute atomic E-state index is 12.0. The van der Waals surface area contributed by atoms with E-state index in [1.165, 1.54) is 23.9 Å². The van der Waals surface area contributed by atoms with Gasteiger partial charge in [0, 0.05) is 5.69 Å². The highest BCUT2D eigenvalue weighted by Crippen LogP contribution is 2.27. The molecule has 1 aromatic carbocycles. The predicted octanol–water partition coefficient (Wildman–Crippen LogP) is 2.49. The molecule has 1 amide bonds. The van der Waals surface area contributed by atoms with Crippen molar-refractivity contribution in [3.8, 4) is 0 Å². The summed E-state index contributed by atoms with van der Waals surface area (Å²) in [7, 11) is -3.35. The molecule has 0 bridgehead atoms. The summed E-state index contributed by atoms with van der Waals surface area (Å²) in [6.45, 7) is 1.57. The van der Waals surface area contributed by atoms with Crippen molar-refractivity contribution in [3.05, 3.63) is 35.0 Å². The Bertz CT molecular complexity index is 888. The van der Waals surface area contributed by atoms with Gasteiger partial charge in [0.2, 0.25) is 0 Å². The van der Waals surface area contributed by atoms with Crippen LogP contribution >= 0.6 is 23.4 Å². The van der Waals surface area contributed by atoms with Crippen LogP contribution < -0.4 is 11.1 Å². The van der Waals surface area contributed by atoms with Gasteiger partial charge in [0.1, 0.15) is 16.5 Å². The molecule has 0 spiro atoms. The number of carbonyl (C=O) groups excluding carboxylic acids is 1. The summed E-state index contributed by atoms with van der Waals surface area (Å²) in [5.74, 6) is -0.677. The summed E-state index contributed by atoms with van der Waals surface area (Å²) < 4.78 is 24.0. The number of hydrogen-bond acceptors (Lipinski definition) is 7. The van der Waals surface area contributed by atoms with Gasteiger partial charge in [0.05, 0.1) is 10.6 Å². The largest absolute Gasteiger partial charge is 0.365 e. The lowest BCUT2D eigenvalue weighted by molar-refractivity contribution is 0.100. The Morgan fingerprint density at radius 2 is 2.08 bits per heavy atom. The van der Waals surface area contributed by atoms with Crippen molar-refractivity contribution >= 4 is 50.6 Å². The third-order valence-corrected chi connectivity index (χ3v) is 5.66. The SMILES string of the molecule is CCS(=O)(=O)c1cccc(Nc2nc(SC)nc(Cl)c2C(N)=O)c1. The summed E-state index contributed by atoms with van der Waals surface area (Å²) in [5.41, 5.74) is 5.72. The summed E-state index contributed by atoms with van der Waals surface area (Å²) in [4.78, 5) is 19.9. The molecule has 10 heteroatoms. The Balaban J connectivity index is 2.50. The van der Waals surface area contributed by atoms with E-state index in [0.717, 1.165) is 0 Å². The number of rotatable bonds is 6. The molecular formula is C14H15ClN4O3S2. The second-order valence-electron chi connectivity index (χ2n) is 4.65. The van der Waals surface area contributed by atoms with Crippen molar-refractivity contribution in [1.82, 2.24) is 9.97 Å². The highest BCUT2D eigenvalue weighted by molar-refractivity contribution is 7.98. The molecule has 2 aromatic rings. The van der Waals surface area contributed by atoms with E-state index in [-0.39, 0.29) is 27.2 Å². The summed E-state index contributed by atoms with van der Waals surface area (Å²) in [6, 6.07) is 6.19. The number of carbonyl (C=O) groups is 1. The third kappa shape index (κ3) is 3.97. The van der Waals surface area contributed by atoms with E-state index < -0.39 is 15.7 Å². The molecule has 0 aliphatic rings. The van der Waals surface area contributed by atoms with Crippen LogP contribution in [0.1, 0.15) is 17.3 Å². The standard InChI is InChI=1S/C14H15ClN4O3S2/c1-3-24(21,22)9-6-4-5-8(7-9)17-13-10(12(16)20)11(15)18-14(19-13)23-2/h4-7H,3H2,1-2H3,(H2,16,20)(H,17,18,19). The van der Waals surface area contributed by atoms with Gasteiger partial charge in [-0.1, -0.05) is 36.4 Å². The minimum atomic E-state index is -3.35. The molecule has 3 N–H and O–H groups in total. The maximum Gasteiger partial charge on any atom is 0.255 e. The van der Waals surface area contributed by atoms with Crippen LogP contribution in [-0.2, 0) is 9.84 Å². The second kappa shape index (κ2) is 7.37. The van der Waals surface area contributed by atoms with E-state index in [2.05, 4.69) is 15.3 Å². The summed E-state index contributed by atoms with van der Waals surface area (Å²) in [5, 5.41) is 3.18. The van der Waals surface area contributed by atoms with Crippen LogP contribution in [0.4, 0.5) is 11.5 Å². The van der Waals surface area contributed by atoms with Crippen LogP contribution in [0.5, 0.6) is 0 Å². The van der Waals surface area contributed by atoms with Crippen molar-refractivity contribution in [2.45, 2.75) is 17.0 Å². The van der Waals surface area contributed by atoms with Gasteiger partial charge in [0.15, 0.2) is 15.0 Å². The van der Waals surface area contributed by atoms with Crippen molar-refractivity contribution in [2.24, 2.45) is 5.73 Å². The first kappa shape index (κ1) is 18.5. The molecule has 0 unspecified atom stereocenters. The molecule has 2 rings (SSSR count). The van der Waals surface area contributed by atoms with Crippen molar-refractivity contribution in [2.75, 3.05) is 17.3 Å². The smallest absolute Gasteiger partial charge is 0.255 e. The average Bonchev–Trinajstić information content (AvgIpc) is 2.54. The average molecular weight is 387 g/mol. The molecule has 0 aliphatic heterocycles. The van der Waals surface area contributed by atoms with Crippen LogP contribution in [0.2, 0.25) is 5.15 Å². The highest BCUT2D eigenvalue weighted by atomic mass is 35.5. The van der Waals surface area contributed by atoms with E-state index in [0.29, 0.717) is 10.8 Å². The van der Waals surface area contributed by atoms with Crippen LogP contribution in [-0.4, -0.2) is 36.3 Å². The summed E-state index contributed by atoms with van der Waals surface area (Å²) >= 11 is 7.24. The fourth-order valence-electron chi connectivity index (χ4n) is 1.88.